The van der Waals surface area contributed by atoms with Crippen LogP contribution in [0.1, 0.15) is 12.6 Å². The molecular formula is C8H10N2O3S. The summed E-state index contributed by atoms with van der Waals surface area (Å²) in [7, 11) is 0. The zero-order valence-corrected chi connectivity index (χ0v) is 8.68. The maximum absolute atomic E-state index is 11.0. The van der Waals surface area contributed by atoms with E-state index < -0.39 is 5.30 Å². The second-order valence-corrected chi connectivity index (χ2v) is 3.40. The van der Waals surface area contributed by atoms with Crippen molar-refractivity contribution in [1.29, 1.82) is 0 Å². The van der Waals surface area contributed by atoms with Gasteiger partial charge >= 0.3 is 5.30 Å². The number of aromatic amines is 1. The van der Waals surface area contributed by atoms with Crippen LogP contribution in [-0.4, -0.2) is 21.9 Å². The Morgan fingerprint density at radius 1 is 1.71 bits per heavy atom. The Balaban J connectivity index is 2.76. The van der Waals surface area contributed by atoms with Gasteiger partial charge in [-0.25, -0.2) is 9.78 Å². The molecule has 0 aliphatic heterocycles. The molecule has 0 aromatic carbocycles. The van der Waals surface area contributed by atoms with Crippen LogP contribution in [0.15, 0.2) is 16.0 Å². The Morgan fingerprint density at radius 3 is 3.00 bits per heavy atom. The number of hydrogen-bond donors (Lipinski definition) is 1. The lowest BCUT2D eigenvalue weighted by molar-refractivity contribution is 0.181. The van der Waals surface area contributed by atoms with E-state index in [-0.39, 0.29) is 10.7 Å². The van der Waals surface area contributed by atoms with E-state index in [1.54, 1.807) is 13.8 Å². The second kappa shape index (κ2) is 4.80. The molecule has 0 saturated heterocycles. The number of nitrogens with zero attached hydrogens (tertiary/aromatic N) is 1. The third-order valence-corrected chi connectivity index (χ3v) is 1.96. The highest BCUT2D eigenvalue weighted by Crippen LogP contribution is 2.13. The predicted molar refractivity (Wildman–Crippen MR) is 52.5 cm³/mol. The van der Waals surface area contributed by atoms with Gasteiger partial charge in [0, 0.05) is 23.5 Å². The molecular weight excluding hydrogens is 204 g/mol. The summed E-state index contributed by atoms with van der Waals surface area (Å²) in [6, 6.07) is 1.36. The van der Waals surface area contributed by atoms with Gasteiger partial charge in [-0.3, -0.25) is 4.79 Å². The highest BCUT2D eigenvalue weighted by Gasteiger charge is 2.07. The Bertz CT molecular complexity index is 388. The van der Waals surface area contributed by atoms with Crippen LogP contribution in [0.5, 0.6) is 0 Å². The van der Waals surface area contributed by atoms with E-state index >= 15 is 0 Å². The molecule has 0 radical (unpaired) electrons. The van der Waals surface area contributed by atoms with E-state index in [1.165, 1.54) is 6.07 Å². The summed E-state index contributed by atoms with van der Waals surface area (Å²) in [6.07, 6.45) is 0. The largest absolute Gasteiger partial charge is 0.458 e. The fourth-order valence-electron chi connectivity index (χ4n) is 0.826. The highest BCUT2D eigenvalue weighted by atomic mass is 32.2. The molecule has 1 rings (SSSR count). The van der Waals surface area contributed by atoms with Gasteiger partial charge in [-0.15, -0.1) is 0 Å². The molecule has 1 aromatic heterocycles. The van der Waals surface area contributed by atoms with Gasteiger partial charge in [0.1, 0.15) is 0 Å². The van der Waals surface area contributed by atoms with Gasteiger partial charge in [0.05, 0.1) is 6.61 Å². The molecule has 0 atom stereocenters. The molecule has 14 heavy (non-hydrogen) atoms. The average molecular weight is 214 g/mol. The maximum Gasteiger partial charge on any atom is 0.375 e. The zero-order valence-electron chi connectivity index (χ0n) is 7.86. The molecule has 0 unspecified atom stereocenters. The van der Waals surface area contributed by atoms with Crippen molar-refractivity contribution in [1.82, 2.24) is 9.97 Å². The van der Waals surface area contributed by atoms with Crippen molar-refractivity contribution in [2.24, 2.45) is 0 Å². The van der Waals surface area contributed by atoms with Gasteiger partial charge in [-0.1, -0.05) is 0 Å². The summed E-state index contributed by atoms with van der Waals surface area (Å²) in [6.45, 7) is 3.71. The minimum Gasteiger partial charge on any atom is -0.458 e. The van der Waals surface area contributed by atoms with E-state index in [2.05, 4.69) is 14.7 Å². The Morgan fingerprint density at radius 2 is 2.43 bits per heavy atom. The minimum atomic E-state index is -0.471. The van der Waals surface area contributed by atoms with Gasteiger partial charge in [-0.05, 0) is 13.8 Å². The van der Waals surface area contributed by atoms with Crippen LogP contribution in [-0.2, 0) is 4.74 Å². The molecule has 5 nitrogen and oxygen atoms in total. The van der Waals surface area contributed by atoms with Crippen molar-refractivity contribution in [2.45, 2.75) is 19.0 Å². The van der Waals surface area contributed by atoms with Crippen molar-refractivity contribution >= 4 is 17.1 Å². The standard InChI is InChI=1S/C8H10N2O3S/c1-3-13-8(12)14-7-9-5(2)4-6(11)10-7/h4H,3H2,1-2H3,(H,9,10,11). The van der Waals surface area contributed by atoms with Crippen LogP contribution in [0.3, 0.4) is 0 Å². The van der Waals surface area contributed by atoms with Crippen LogP contribution in [0.25, 0.3) is 0 Å². The first-order chi connectivity index (χ1) is 6.61. The van der Waals surface area contributed by atoms with E-state index in [4.69, 9.17) is 0 Å². The first-order valence-electron chi connectivity index (χ1n) is 4.04. The lowest BCUT2D eigenvalue weighted by atomic mass is 10.5. The van der Waals surface area contributed by atoms with Crippen molar-refractivity contribution < 1.29 is 9.53 Å². The highest BCUT2D eigenvalue weighted by molar-refractivity contribution is 8.13. The topological polar surface area (TPSA) is 72.0 Å². The van der Waals surface area contributed by atoms with Gasteiger partial charge in [0.2, 0.25) is 0 Å². The quantitative estimate of drug-likeness (QED) is 0.456. The molecule has 0 fully saturated rings. The molecule has 1 heterocycles. The molecule has 6 heteroatoms. The third-order valence-electron chi connectivity index (χ3n) is 1.29. The average Bonchev–Trinajstić information content (AvgIpc) is 2.01. The Kier molecular flexibility index (Phi) is 3.70. The fraction of sp³-hybridized carbons (Fsp3) is 0.375. The number of aromatic nitrogens is 2. The summed E-state index contributed by atoms with van der Waals surface area (Å²) < 4.78 is 4.69. The summed E-state index contributed by atoms with van der Waals surface area (Å²) in [5.41, 5.74) is 0.296. The summed E-state index contributed by atoms with van der Waals surface area (Å²) >= 11 is 0.769. The van der Waals surface area contributed by atoms with Gasteiger partial charge in [0.25, 0.3) is 5.56 Å². The molecule has 0 amide bonds. The molecule has 0 spiro atoms. The lowest BCUT2D eigenvalue weighted by Crippen LogP contribution is -2.09. The number of nitrogens with one attached hydrogen (secondary N) is 1. The number of thioether (sulfide) groups is 1. The summed E-state index contributed by atoms with van der Waals surface area (Å²) in [4.78, 5) is 28.4. The van der Waals surface area contributed by atoms with E-state index in [1.807, 2.05) is 0 Å². The maximum atomic E-state index is 11.0. The normalized spacial score (nSPS) is 9.86. The number of aryl methyl sites for hydroxylation is 1. The number of H-pyrrole nitrogens is 1. The predicted octanol–water partition coefficient (Wildman–Crippen LogP) is 1.33. The molecule has 1 aromatic rings. The summed E-state index contributed by atoms with van der Waals surface area (Å²) in [5, 5.41) is -0.213. The molecule has 0 bridgehead atoms. The SMILES string of the molecule is CCOC(=O)Sc1nc(C)cc(=O)[nH]1. The van der Waals surface area contributed by atoms with E-state index in [0.717, 1.165) is 11.8 Å². The van der Waals surface area contributed by atoms with Crippen LogP contribution in [0.2, 0.25) is 0 Å². The van der Waals surface area contributed by atoms with Crippen molar-refractivity contribution in [3.05, 3.63) is 22.1 Å². The van der Waals surface area contributed by atoms with Crippen LogP contribution in [0, 0.1) is 6.92 Å². The minimum absolute atomic E-state index is 0.258. The fourth-order valence-corrected chi connectivity index (χ4v) is 1.50. The first-order valence-corrected chi connectivity index (χ1v) is 4.86. The van der Waals surface area contributed by atoms with Crippen LogP contribution in [0.4, 0.5) is 4.79 Å². The molecule has 1 N–H and O–H groups in total. The molecule has 0 aliphatic carbocycles. The van der Waals surface area contributed by atoms with Crippen molar-refractivity contribution in [3.63, 3.8) is 0 Å². The zero-order chi connectivity index (χ0) is 10.6. The second-order valence-electron chi connectivity index (χ2n) is 2.48. The third kappa shape index (κ3) is 3.21. The monoisotopic (exact) mass is 214 g/mol. The van der Waals surface area contributed by atoms with E-state index in [0.29, 0.717) is 12.3 Å². The van der Waals surface area contributed by atoms with Crippen molar-refractivity contribution in [2.75, 3.05) is 6.61 Å². The first kappa shape index (κ1) is 10.8. The molecule has 0 aliphatic rings. The number of carbonyl (C=O) groups is 1. The van der Waals surface area contributed by atoms with Gasteiger partial charge in [-0.2, -0.15) is 0 Å². The van der Waals surface area contributed by atoms with Gasteiger partial charge in [0.15, 0.2) is 5.16 Å². The van der Waals surface area contributed by atoms with Crippen LogP contribution < -0.4 is 5.56 Å². The number of ether oxygens (including phenoxy) is 1. The molecule has 76 valence electrons. The summed E-state index contributed by atoms with van der Waals surface area (Å²) in [5.74, 6) is 0. The number of rotatable bonds is 2. The Labute approximate surface area is 84.9 Å². The molecule has 0 saturated carbocycles. The smallest absolute Gasteiger partial charge is 0.375 e. The van der Waals surface area contributed by atoms with E-state index in [9.17, 15) is 9.59 Å². The number of hydrogen-bond acceptors (Lipinski definition) is 5. The lowest BCUT2D eigenvalue weighted by Gasteiger charge is -2.00. The Hall–Kier alpha value is -1.30. The van der Waals surface area contributed by atoms with Crippen molar-refractivity contribution in [3.8, 4) is 0 Å². The number of carbonyl (C=O) groups excluding carboxylic acids is 1. The van der Waals surface area contributed by atoms with Crippen LogP contribution >= 0.6 is 11.8 Å². The van der Waals surface area contributed by atoms with Gasteiger partial charge < -0.3 is 9.72 Å².